The Balaban J connectivity index is 1.72. The molecule has 2 aliphatic rings. The van der Waals surface area contributed by atoms with Crippen LogP contribution in [0.5, 0.6) is 0 Å². The van der Waals surface area contributed by atoms with E-state index in [4.69, 9.17) is 4.74 Å². The number of aromatic nitrogens is 3. The number of rotatable bonds is 7. The van der Waals surface area contributed by atoms with Gasteiger partial charge in [0.15, 0.2) is 0 Å². The quantitative estimate of drug-likeness (QED) is 0.197. The van der Waals surface area contributed by atoms with E-state index in [0.29, 0.717) is 5.69 Å². The Labute approximate surface area is 184 Å². The molecule has 1 amide bonds. The monoisotopic (exact) mass is 460 g/mol. The lowest BCUT2D eigenvalue weighted by Crippen LogP contribution is -2.59. The fourth-order valence-electron chi connectivity index (χ4n) is 4.49. The Morgan fingerprint density at radius 1 is 1.03 bits per heavy atom. The Hall–Kier alpha value is -1.71. The van der Waals surface area contributed by atoms with Crippen molar-refractivity contribution in [2.24, 2.45) is 11.8 Å². The fraction of sp³-hybridized carbons (Fsp3) is 0.842. The maximum absolute atomic E-state index is 11.1. The zero-order valence-corrected chi connectivity index (χ0v) is 17.7. The van der Waals surface area contributed by atoms with Crippen molar-refractivity contribution in [1.82, 2.24) is 20.3 Å². The van der Waals surface area contributed by atoms with E-state index < -0.39 is 73.8 Å². The molecule has 10 atom stereocenters. The van der Waals surface area contributed by atoms with Crippen LogP contribution in [0.1, 0.15) is 31.5 Å². The van der Waals surface area contributed by atoms with Crippen molar-refractivity contribution in [1.29, 1.82) is 0 Å². The molecular formula is C19H32N4O9. The van der Waals surface area contributed by atoms with Gasteiger partial charge in [-0.15, -0.1) is 5.10 Å². The molecule has 4 unspecified atom stereocenters. The maximum Gasteiger partial charge on any atom is 0.217 e. The molecule has 2 saturated carbocycles. The first-order chi connectivity index (χ1) is 15.2. The highest BCUT2D eigenvalue weighted by Crippen LogP contribution is 2.37. The van der Waals surface area contributed by atoms with Crippen molar-refractivity contribution in [2.75, 3.05) is 13.2 Å². The molecule has 2 aliphatic carbocycles. The van der Waals surface area contributed by atoms with Crippen LogP contribution in [0.15, 0.2) is 6.20 Å². The first-order valence-electron chi connectivity index (χ1n) is 10.6. The van der Waals surface area contributed by atoms with Gasteiger partial charge >= 0.3 is 0 Å². The maximum atomic E-state index is 11.1. The van der Waals surface area contributed by atoms with Gasteiger partial charge < -0.3 is 45.8 Å². The van der Waals surface area contributed by atoms with E-state index in [9.17, 15) is 40.5 Å². The van der Waals surface area contributed by atoms with Gasteiger partial charge in [-0.05, 0) is 12.8 Å². The van der Waals surface area contributed by atoms with Crippen LogP contribution in [0.25, 0.3) is 0 Å². The molecular weight excluding hydrogens is 428 g/mol. The third-order valence-corrected chi connectivity index (χ3v) is 6.41. The fourth-order valence-corrected chi connectivity index (χ4v) is 4.49. The van der Waals surface area contributed by atoms with Crippen LogP contribution in [-0.4, -0.2) is 113 Å². The summed E-state index contributed by atoms with van der Waals surface area (Å²) in [5, 5.41) is 81.6. The highest BCUT2D eigenvalue weighted by Gasteiger charge is 2.49. The normalized spacial score (nSPS) is 40.2. The van der Waals surface area contributed by atoms with E-state index in [0.717, 1.165) is 0 Å². The third kappa shape index (κ3) is 5.10. The number of nitrogens with one attached hydrogen (secondary N) is 1. The molecule has 182 valence electrons. The second-order valence-corrected chi connectivity index (χ2v) is 8.62. The first-order valence-corrected chi connectivity index (χ1v) is 10.6. The molecule has 3 rings (SSSR count). The van der Waals surface area contributed by atoms with Crippen molar-refractivity contribution in [3.05, 3.63) is 11.9 Å². The van der Waals surface area contributed by atoms with Gasteiger partial charge in [-0.3, -0.25) is 4.79 Å². The highest BCUT2D eigenvalue weighted by molar-refractivity contribution is 5.72. The van der Waals surface area contributed by atoms with E-state index in [1.165, 1.54) is 17.8 Å². The molecule has 0 bridgehead atoms. The van der Waals surface area contributed by atoms with Gasteiger partial charge in [-0.1, -0.05) is 5.21 Å². The first kappa shape index (κ1) is 24.9. The number of hydrogen-bond acceptors (Lipinski definition) is 11. The topological polar surface area (TPSA) is 211 Å². The van der Waals surface area contributed by atoms with Crippen LogP contribution in [-0.2, 0) is 16.1 Å². The van der Waals surface area contributed by atoms with Crippen LogP contribution in [0, 0.1) is 11.8 Å². The Kier molecular flexibility index (Phi) is 8.16. The van der Waals surface area contributed by atoms with Gasteiger partial charge in [-0.25, -0.2) is 4.68 Å². The number of carbonyl (C=O) groups is 1. The zero-order valence-electron chi connectivity index (χ0n) is 17.7. The van der Waals surface area contributed by atoms with E-state index >= 15 is 0 Å². The summed E-state index contributed by atoms with van der Waals surface area (Å²) in [5.74, 6) is -1.62. The molecule has 1 aromatic rings. The van der Waals surface area contributed by atoms with Crippen LogP contribution in [0.4, 0.5) is 0 Å². The molecule has 13 heteroatoms. The molecule has 0 aromatic carbocycles. The number of ether oxygens (including phenoxy) is 1. The Morgan fingerprint density at radius 3 is 2.34 bits per heavy atom. The zero-order chi connectivity index (χ0) is 23.6. The van der Waals surface area contributed by atoms with Crippen molar-refractivity contribution in [3.8, 4) is 0 Å². The minimum absolute atomic E-state index is 0.0202. The van der Waals surface area contributed by atoms with Gasteiger partial charge in [0, 0.05) is 32.0 Å². The standard InChI is InChI=1S/C19H32N4O9/c1-8(26)20-4-11-5-23(22-21-11)12-2-10(7-25)19(18(31)15(12)28)32-13-3-9(6-24)14(27)17(30)16(13)29/h5,9-10,12-19,24-25,27-31H,2-4,6-7H2,1H3,(H,20,26)/t9?,10?,12-,13-,14-,15?,16?,17+,18-,19-/m1/s1. The van der Waals surface area contributed by atoms with Crippen molar-refractivity contribution in [2.45, 2.75) is 75.1 Å². The predicted molar refractivity (Wildman–Crippen MR) is 106 cm³/mol. The number of carbonyl (C=O) groups excluding carboxylic acids is 1. The predicted octanol–water partition coefficient (Wildman–Crippen LogP) is -3.96. The van der Waals surface area contributed by atoms with E-state index in [2.05, 4.69) is 15.6 Å². The van der Waals surface area contributed by atoms with Crippen LogP contribution in [0.3, 0.4) is 0 Å². The van der Waals surface area contributed by atoms with Gasteiger partial charge in [-0.2, -0.15) is 0 Å². The minimum Gasteiger partial charge on any atom is -0.396 e. The number of aliphatic hydroxyl groups excluding tert-OH is 7. The van der Waals surface area contributed by atoms with Crippen LogP contribution < -0.4 is 5.32 Å². The summed E-state index contributed by atoms with van der Waals surface area (Å²) in [7, 11) is 0. The Bertz CT molecular complexity index is 761. The highest BCUT2D eigenvalue weighted by atomic mass is 16.5. The molecule has 0 aliphatic heterocycles. The minimum atomic E-state index is -1.55. The third-order valence-electron chi connectivity index (χ3n) is 6.41. The molecule has 0 spiro atoms. The molecule has 0 radical (unpaired) electrons. The molecule has 1 aromatic heterocycles. The van der Waals surface area contributed by atoms with Gasteiger partial charge in [0.25, 0.3) is 0 Å². The summed E-state index contributed by atoms with van der Waals surface area (Å²) in [6.45, 7) is 0.689. The summed E-state index contributed by atoms with van der Waals surface area (Å²) in [5.41, 5.74) is 0.453. The van der Waals surface area contributed by atoms with E-state index in [1.54, 1.807) is 0 Å². The number of amides is 1. The largest absolute Gasteiger partial charge is 0.396 e. The molecule has 13 nitrogen and oxygen atoms in total. The molecule has 2 fully saturated rings. The van der Waals surface area contributed by atoms with Crippen LogP contribution in [0.2, 0.25) is 0 Å². The van der Waals surface area contributed by atoms with Gasteiger partial charge in [0.2, 0.25) is 5.91 Å². The van der Waals surface area contributed by atoms with Gasteiger partial charge in [0.1, 0.15) is 30.1 Å². The van der Waals surface area contributed by atoms with Crippen molar-refractivity contribution < 1.29 is 45.3 Å². The van der Waals surface area contributed by atoms with E-state index in [-0.39, 0.29) is 25.3 Å². The summed E-state index contributed by atoms with van der Waals surface area (Å²) >= 11 is 0. The van der Waals surface area contributed by atoms with Crippen molar-refractivity contribution >= 4 is 5.91 Å². The molecule has 8 N–H and O–H groups in total. The second-order valence-electron chi connectivity index (χ2n) is 8.62. The number of aliphatic hydroxyl groups is 7. The average molecular weight is 460 g/mol. The Morgan fingerprint density at radius 2 is 1.72 bits per heavy atom. The SMILES string of the molecule is CC(=O)NCc1cn([C@@H]2CC(CO)[C@@H](O[C@@H]3CC(CO)[C@@H](O)[C@H](O)C3O)[C@H](O)C2O)nn1. The summed E-state index contributed by atoms with van der Waals surface area (Å²) in [6.07, 6.45) is -7.54. The second kappa shape index (κ2) is 10.5. The lowest BCUT2D eigenvalue weighted by Gasteiger charge is -2.46. The summed E-state index contributed by atoms with van der Waals surface area (Å²) < 4.78 is 7.20. The lowest BCUT2D eigenvalue weighted by atomic mass is 9.78. The molecule has 32 heavy (non-hydrogen) atoms. The van der Waals surface area contributed by atoms with E-state index in [1.807, 2.05) is 0 Å². The smallest absolute Gasteiger partial charge is 0.217 e. The van der Waals surface area contributed by atoms with Crippen molar-refractivity contribution in [3.63, 3.8) is 0 Å². The molecule has 0 saturated heterocycles. The van der Waals surface area contributed by atoms with Crippen LogP contribution >= 0.6 is 0 Å². The summed E-state index contributed by atoms with van der Waals surface area (Å²) in [4.78, 5) is 11.1. The number of hydrogen-bond donors (Lipinski definition) is 8. The van der Waals surface area contributed by atoms with Gasteiger partial charge in [0.05, 0.1) is 37.1 Å². The molecule has 1 heterocycles. The summed E-state index contributed by atoms with van der Waals surface area (Å²) in [6, 6.07) is -0.727. The average Bonchev–Trinajstić information content (AvgIpc) is 3.24. The lowest BCUT2D eigenvalue weighted by molar-refractivity contribution is -0.231. The number of nitrogens with zero attached hydrogens (tertiary/aromatic N) is 3.